The molecule has 5 nitrogen and oxygen atoms in total. The van der Waals surface area contributed by atoms with E-state index in [4.69, 9.17) is 0 Å². The third-order valence-electron chi connectivity index (χ3n) is 2.59. The smallest absolute Gasteiger partial charge is 0.146 e. The number of rotatable bonds is 6. The molecule has 0 spiro atoms. The van der Waals surface area contributed by atoms with Crippen LogP contribution in [-0.2, 0) is 13.1 Å². The Morgan fingerprint density at radius 3 is 2.87 bits per heavy atom. The quantitative estimate of drug-likeness (QED) is 0.723. The van der Waals surface area contributed by atoms with Gasteiger partial charge in [0.2, 0.25) is 0 Å². The van der Waals surface area contributed by atoms with Gasteiger partial charge in [-0.25, -0.2) is 0 Å². The molecular weight excluding hydrogens is 192 g/mol. The Kier molecular flexibility index (Phi) is 4.23. The third kappa shape index (κ3) is 3.60. The Bertz CT molecular complexity index is 295. The zero-order chi connectivity index (χ0) is 11.3. The zero-order valence-corrected chi connectivity index (χ0v) is 9.69. The summed E-state index contributed by atoms with van der Waals surface area (Å²) in [6.45, 7) is 7.92. The van der Waals surface area contributed by atoms with Gasteiger partial charge in [0.25, 0.3) is 0 Å². The molecule has 0 saturated heterocycles. The number of aryl methyl sites for hydroxylation is 1. The Balaban J connectivity index is 2.38. The molecule has 0 bridgehead atoms. The summed E-state index contributed by atoms with van der Waals surface area (Å²) < 4.78 is 1.98. The summed E-state index contributed by atoms with van der Waals surface area (Å²) in [6, 6.07) is 0. The number of aromatic nitrogens is 3. The molecule has 1 atom stereocenters. The van der Waals surface area contributed by atoms with E-state index in [1.165, 1.54) is 0 Å². The van der Waals surface area contributed by atoms with Crippen LogP contribution < -0.4 is 5.32 Å². The lowest BCUT2D eigenvalue weighted by molar-refractivity contribution is 0.0553. The van der Waals surface area contributed by atoms with Crippen LogP contribution in [0, 0.1) is 0 Å². The molecule has 86 valence electrons. The lowest BCUT2D eigenvalue weighted by atomic mass is 10.0. The van der Waals surface area contributed by atoms with Crippen LogP contribution >= 0.6 is 0 Å². The molecule has 5 heteroatoms. The van der Waals surface area contributed by atoms with E-state index in [1.807, 2.05) is 18.4 Å². The topological polar surface area (TPSA) is 63.0 Å². The largest absolute Gasteiger partial charge is 0.389 e. The van der Waals surface area contributed by atoms with Crippen molar-refractivity contribution in [3.63, 3.8) is 0 Å². The van der Waals surface area contributed by atoms with Gasteiger partial charge < -0.3 is 15.0 Å². The fourth-order valence-corrected chi connectivity index (χ4v) is 1.25. The maximum atomic E-state index is 9.77. The van der Waals surface area contributed by atoms with E-state index in [0.717, 1.165) is 18.8 Å². The highest BCUT2D eigenvalue weighted by Gasteiger charge is 2.16. The van der Waals surface area contributed by atoms with Gasteiger partial charge in [0.15, 0.2) is 0 Å². The van der Waals surface area contributed by atoms with Crippen molar-refractivity contribution in [3.8, 4) is 0 Å². The van der Waals surface area contributed by atoms with Crippen molar-refractivity contribution in [3.05, 3.63) is 12.2 Å². The predicted octanol–water partition coefficient (Wildman–Crippen LogP) is 0.549. The van der Waals surface area contributed by atoms with E-state index in [9.17, 15) is 5.11 Å². The first-order valence-corrected chi connectivity index (χ1v) is 5.39. The van der Waals surface area contributed by atoms with Crippen molar-refractivity contribution in [2.24, 2.45) is 0 Å². The van der Waals surface area contributed by atoms with Crippen LogP contribution in [0.4, 0.5) is 0 Å². The van der Waals surface area contributed by atoms with E-state index < -0.39 is 5.60 Å². The summed E-state index contributed by atoms with van der Waals surface area (Å²) >= 11 is 0. The van der Waals surface area contributed by atoms with Crippen molar-refractivity contribution in [2.45, 2.75) is 45.9 Å². The Morgan fingerprint density at radius 1 is 1.53 bits per heavy atom. The highest BCUT2D eigenvalue weighted by Crippen LogP contribution is 2.06. The van der Waals surface area contributed by atoms with Crippen LogP contribution in [0.2, 0.25) is 0 Å². The number of nitrogens with zero attached hydrogens (tertiary/aromatic N) is 3. The lowest BCUT2D eigenvalue weighted by Crippen LogP contribution is -2.37. The van der Waals surface area contributed by atoms with Crippen molar-refractivity contribution in [1.29, 1.82) is 0 Å². The number of nitrogens with one attached hydrogen (secondary N) is 1. The van der Waals surface area contributed by atoms with Crippen LogP contribution in [0.15, 0.2) is 6.33 Å². The second kappa shape index (κ2) is 5.23. The van der Waals surface area contributed by atoms with Gasteiger partial charge >= 0.3 is 0 Å². The first-order valence-electron chi connectivity index (χ1n) is 5.39. The van der Waals surface area contributed by atoms with Crippen LogP contribution in [0.1, 0.15) is 33.0 Å². The summed E-state index contributed by atoms with van der Waals surface area (Å²) in [4.78, 5) is 0. The van der Waals surface area contributed by atoms with Crippen molar-refractivity contribution < 1.29 is 5.11 Å². The van der Waals surface area contributed by atoms with E-state index in [1.54, 1.807) is 6.33 Å². The van der Waals surface area contributed by atoms with Gasteiger partial charge in [-0.1, -0.05) is 6.92 Å². The summed E-state index contributed by atoms with van der Waals surface area (Å²) in [6.07, 6.45) is 2.45. The molecule has 15 heavy (non-hydrogen) atoms. The minimum absolute atomic E-state index is 0.570. The van der Waals surface area contributed by atoms with E-state index in [0.29, 0.717) is 13.1 Å². The minimum atomic E-state index is -0.642. The Hall–Kier alpha value is -0.940. The molecule has 0 saturated carbocycles. The number of aliphatic hydroxyl groups is 1. The van der Waals surface area contributed by atoms with Gasteiger partial charge in [-0.2, -0.15) is 0 Å². The zero-order valence-electron chi connectivity index (χ0n) is 9.69. The van der Waals surface area contributed by atoms with Gasteiger partial charge in [0, 0.05) is 13.1 Å². The number of hydrogen-bond donors (Lipinski definition) is 2. The van der Waals surface area contributed by atoms with E-state index in [2.05, 4.69) is 22.4 Å². The third-order valence-corrected chi connectivity index (χ3v) is 2.59. The van der Waals surface area contributed by atoms with Gasteiger partial charge in [0.05, 0.1) is 12.1 Å². The highest BCUT2D eigenvalue weighted by atomic mass is 16.3. The molecular formula is C10H20N4O. The molecule has 0 fully saturated rings. The van der Waals surface area contributed by atoms with Crippen molar-refractivity contribution >= 4 is 0 Å². The van der Waals surface area contributed by atoms with Crippen LogP contribution in [0.5, 0.6) is 0 Å². The predicted molar refractivity (Wildman–Crippen MR) is 58.3 cm³/mol. The van der Waals surface area contributed by atoms with Crippen LogP contribution in [-0.4, -0.2) is 32.0 Å². The first-order chi connectivity index (χ1) is 7.09. The molecule has 0 amide bonds. The minimum Gasteiger partial charge on any atom is -0.389 e. The highest BCUT2D eigenvalue weighted by molar-refractivity contribution is 4.85. The maximum Gasteiger partial charge on any atom is 0.146 e. The van der Waals surface area contributed by atoms with Crippen LogP contribution in [0.3, 0.4) is 0 Å². The molecule has 1 aromatic rings. The SMILES string of the molecule is CCn1cnnc1CNCC(C)(O)CC. The molecule has 1 rings (SSSR count). The summed E-state index contributed by atoms with van der Waals surface area (Å²) in [5.41, 5.74) is -0.642. The molecule has 0 aliphatic rings. The monoisotopic (exact) mass is 212 g/mol. The normalized spacial score (nSPS) is 15.2. The molecule has 0 aromatic carbocycles. The summed E-state index contributed by atoms with van der Waals surface area (Å²) in [5, 5.41) is 20.8. The molecule has 0 radical (unpaired) electrons. The van der Waals surface area contributed by atoms with Gasteiger partial charge in [-0.15, -0.1) is 10.2 Å². The molecule has 2 N–H and O–H groups in total. The van der Waals surface area contributed by atoms with E-state index in [-0.39, 0.29) is 0 Å². The second-order valence-corrected chi connectivity index (χ2v) is 3.99. The van der Waals surface area contributed by atoms with Crippen molar-refractivity contribution in [2.75, 3.05) is 6.54 Å². The van der Waals surface area contributed by atoms with Crippen molar-refractivity contribution in [1.82, 2.24) is 20.1 Å². The average molecular weight is 212 g/mol. The molecule has 1 unspecified atom stereocenters. The molecule has 0 aliphatic heterocycles. The molecule has 1 aromatic heterocycles. The second-order valence-electron chi connectivity index (χ2n) is 3.99. The van der Waals surface area contributed by atoms with E-state index >= 15 is 0 Å². The average Bonchev–Trinajstić information content (AvgIpc) is 2.65. The van der Waals surface area contributed by atoms with Gasteiger partial charge in [0.1, 0.15) is 12.2 Å². The molecule has 1 heterocycles. The lowest BCUT2D eigenvalue weighted by Gasteiger charge is -2.21. The molecule has 0 aliphatic carbocycles. The van der Waals surface area contributed by atoms with Gasteiger partial charge in [-0.05, 0) is 20.3 Å². The fourth-order valence-electron chi connectivity index (χ4n) is 1.25. The standard InChI is InChI=1S/C10H20N4O/c1-4-10(3,15)7-11-6-9-13-12-8-14(9)5-2/h8,11,15H,4-7H2,1-3H3. The summed E-state index contributed by atoms with van der Waals surface area (Å²) in [7, 11) is 0. The maximum absolute atomic E-state index is 9.77. The van der Waals surface area contributed by atoms with Crippen LogP contribution in [0.25, 0.3) is 0 Å². The van der Waals surface area contributed by atoms with Gasteiger partial charge in [-0.3, -0.25) is 0 Å². The Labute approximate surface area is 90.5 Å². The summed E-state index contributed by atoms with van der Waals surface area (Å²) in [5.74, 6) is 0.907. The fraction of sp³-hybridized carbons (Fsp3) is 0.800. The Morgan fingerprint density at radius 2 is 2.27 bits per heavy atom. The first kappa shape index (κ1) is 12.1. The number of hydrogen-bond acceptors (Lipinski definition) is 4.